The van der Waals surface area contributed by atoms with E-state index >= 15 is 0 Å². The van der Waals surface area contributed by atoms with Crippen LogP contribution in [0.15, 0.2) is 97.2 Å². The summed E-state index contributed by atoms with van der Waals surface area (Å²) in [6.45, 7) is 2.72. The zero-order valence-corrected chi connectivity index (χ0v) is 65.8. The fraction of sp³-hybridized carbons (Fsp3) is 0.809. The van der Waals surface area contributed by atoms with Crippen LogP contribution in [0, 0.1) is 0 Å². The molecule has 0 saturated carbocycles. The highest BCUT2D eigenvalue weighted by molar-refractivity contribution is 5.76. The molecule has 2 heterocycles. The maximum absolute atomic E-state index is 13.4. The van der Waals surface area contributed by atoms with Crippen molar-refractivity contribution in [3.63, 3.8) is 0 Å². The molecule has 14 nitrogen and oxygen atoms in total. The molecule has 2 saturated heterocycles. The van der Waals surface area contributed by atoms with Gasteiger partial charge in [-0.25, -0.2) is 0 Å². The summed E-state index contributed by atoms with van der Waals surface area (Å²) in [6, 6.07) is -0.936. The molecule has 12 atom stereocenters. The summed E-state index contributed by atoms with van der Waals surface area (Å²) in [6.07, 6.45) is 86.5. The van der Waals surface area contributed by atoms with Crippen LogP contribution in [0.3, 0.4) is 0 Å². The Labute approximate surface area is 630 Å². The molecular weight excluding hydrogens is 1290 g/mol. The quantitative estimate of drug-likeness (QED) is 0.0204. The molecule has 14 heteroatoms. The zero-order chi connectivity index (χ0) is 74.4. The number of rotatable bonds is 72. The molecule has 0 bridgehead atoms. The van der Waals surface area contributed by atoms with E-state index in [1.165, 1.54) is 263 Å². The van der Waals surface area contributed by atoms with E-state index in [-0.39, 0.29) is 18.9 Å². The minimum absolute atomic E-state index is 0.244. The van der Waals surface area contributed by atoms with Gasteiger partial charge in [-0.15, -0.1) is 0 Å². The minimum atomic E-state index is -1.79. The standard InChI is InChI=1S/C89H159NO13/c1-3-5-7-9-11-13-15-17-19-21-23-25-27-29-31-33-34-35-36-37-38-39-40-41-42-43-44-45-47-49-51-53-55-57-59-61-63-65-67-69-71-73-81(94)90-77(76-100-88-86(99)84(97)87(80(75-92)102-88)103-89-85(98)83(96)82(95)79(74-91)101-89)78(93)72-70-68-66-64-62-60-58-56-54-52-50-48-46-32-30-28-26-24-22-20-18-16-14-12-10-8-6-4-2/h5,7,11,13,17,19,23,25,29,31,34-35,62,64,70,72,77-80,82-89,91-93,95-99H,3-4,6,8-10,12,14-16,18,20-22,24,26-28,30,32-33,36-61,63,65-69,71,73-76H2,1-2H3,(H,90,94)/b7-5-,13-11-,19-17-,25-23-,31-29-,35-34-,64-62+,72-70+. The van der Waals surface area contributed by atoms with Gasteiger partial charge in [-0.2, -0.15) is 0 Å². The van der Waals surface area contributed by atoms with Crippen LogP contribution in [0.1, 0.15) is 367 Å². The first kappa shape index (κ1) is 96.0. The number of nitrogens with one attached hydrogen (secondary N) is 1. The average Bonchev–Trinajstić information content (AvgIpc) is 0.791. The molecular formula is C89H159NO13. The number of ether oxygens (including phenoxy) is 4. The van der Waals surface area contributed by atoms with Crippen molar-refractivity contribution < 1.29 is 64.6 Å². The fourth-order valence-electron chi connectivity index (χ4n) is 13.8. The highest BCUT2D eigenvalue weighted by atomic mass is 16.7. The van der Waals surface area contributed by atoms with Crippen molar-refractivity contribution in [2.45, 2.75) is 441 Å². The van der Waals surface area contributed by atoms with Crippen molar-refractivity contribution in [2.75, 3.05) is 19.8 Å². The van der Waals surface area contributed by atoms with Crippen molar-refractivity contribution in [3.8, 4) is 0 Å². The van der Waals surface area contributed by atoms with Crippen LogP contribution in [0.4, 0.5) is 0 Å². The van der Waals surface area contributed by atoms with Crippen LogP contribution in [0.5, 0.6) is 0 Å². The molecule has 2 rings (SSSR count). The number of carbonyl (C=O) groups excluding carboxylic acids is 1. The van der Waals surface area contributed by atoms with E-state index in [4.69, 9.17) is 18.9 Å². The van der Waals surface area contributed by atoms with Gasteiger partial charge in [0.05, 0.1) is 32.0 Å². The predicted molar refractivity (Wildman–Crippen MR) is 429 cm³/mol. The maximum atomic E-state index is 13.4. The van der Waals surface area contributed by atoms with E-state index in [2.05, 4.69) is 104 Å². The summed E-state index contributed by atoms with van der Waals surface area (Å²) in [4.78, 5) is 13.4. The first-order valence-electron chi connectivity index (χ1n) is 43.0. The van der Waals surface area contributed by atoms with Gasteiger partial charge in [-0.3, -0.25) is 4.79 Å². The molecule has 103 heavy (non-hydrogen) atoms. The smallest absolute Gasteiger partial charge is 0.220 e. The van der Waals surface area contributed by atoms with Crippen LogP contribution >= 0.6 is 0 Å². The Balaban J connectivity index is 1.58. The van der Waals surface area contributed by atoms with Crippen LogP contribution in [0.25, 0.3) is 0 Å². The Kier molecular flexibility index (Phi) is 66.9. The first-order chi connectivity index (χ1) is 50.6. The molecule has 12 unspecified atom stereocenters. The Hall–Kier alpha value is -3.09. The highest BCUT2D eigenvalue weighted by Gasteiger charge is 2.51. The Bertz CT molecular complexity index is 2110. The lowest BCUT2D eigenvalue weighted by atomic mass is 9.97. The molecule has 1 amide bonds. The van der Waals surface area contributed by atoms with E-state index in [1.54, 1.807) is 6.08 Å². The van der Waals surface area contributed by atoms with Crippen molar-refractivity contribution in [2.24, 2.45) is 0 Å². The van der Waals surface area contributed by atoms with Gasteiger partial charge in [0.1, 0.15) is 48.8 Å². The predicted octanol–water partition coefficient (Wildman–Crippen LogP) is 20.4. The monoisotopic (exact) mass is 1450 g/mol. The molecule has 9 N–H and O–H groups in total. The minimum Gasteiger partial charge on any atom is -0.394 e. The van der Waals surface area contributed by atoms with Gasteiger partial charge in [0.2, 0.25) is 5.91 Å². The largest absolute Gasteiger partial charge is 0.394 e. The summed E-state index contributed by atoms with van der Waals surface area (Å²) in [7, 11) is 0. The van der Waals surface area contributed by atoms with E-state index in [0.717, 1.165) is 70.6 Å². The van der Waals surface area contributed by atoms with Gasteiger partial charge in [0, 0.05) is 6.42 Å². The van der Waals surface area contributed by atoms with E-state index < -0.39 is 86.8 Å². The molecule has 598 valence electrons. The molecule has 2 aliphatic rings. The van der Waals surface area contributed by atoms with E-state index in [9.17, 15) is 45.6 Å². The van der Waals surface area contributed by atoms with Gasteiger partial charge in [0.15, 0.2) is 12.6 Å². The second-order valence-electron chi connectivity index (χ2n) is 29.9. The van der Waals surface area contributed by atoms with Crippen molar-refractivity contribution in [1.82, 2.24) is 5.32 Å². The average molecular weight is 1450 g/mol. The Morgan fingerprint density at radius 3 is 1.07 bits per heavy atom. The van der Waals surface area contributed by atoms with Gasteiger partial charge >= 0.3 is 0 Å². The van der Waals surface area contributed by atoms with Crippen molar-refractivity contribution in [3.05, 3.63) is 97.2 Å². The molecule has 0 aromatic heterocycles. The lowest BCUT2D eigenvalue weighted by molar-refractivity contribution is -0.359. The third-order valence-electron chi connectivity index (χ3n) is 20.5. The molecule has 0 aromatic carbocycles. The van der Waals surface area contributed by atoms with Crippen LogP contribution in [-0.4, -0.2) is 140 Å². The number of allylic oxidation sites excluding steroid dienone is 15. The fourth-order valence-corrected chi connectivity index (χ4v) is 13.8. The number of aliphatic hydroxyl groups excluding tert-OH is 8. The number of carbonyl (C=O) groups is 1. The Morgan fingerprint density at radius 1 is 0.359 bits per heavy atom. The van der Waals surface area contributed by atoms with Crippen LogP contribution < -0.4 is 5.32 Å². The number of hydrogen-bond donors (Lipinski definition) is 9. The van der Waals surface area contributed by atoms with Gasteiger partial charge in [-0.1, -0.05) is 374 Å². The first-order valence-corrected chi connectivity index (χ1v) is 43.0. The molecule has 0 radical (unpaired) electrons. The van der Waals surface area contributed by atoms with Crippen LogP contribution in [-0.2, 0) is 23.7 Å². The summed E-state index contributed by atoms with van der Waals surface area (Å²) in [5, 5.41) is 87.8. The zero-order valence-electron chi connectivity index (χ0n) is 65.8. The number of aliphatic hydroxyl groups is 8. The topological polar surface area (TPSA) is 228 Å². The van der Waals surface area contributed by atoms with E-state index in [0.29, 0.717) is 12.8 Å². The molecule has 2 fully saturated rings. The summed E-state index contributed by atoms with van der Waals surface area (Å²) >= 11 is 0. The number of amides is 1. The van der Waals surface area contributed by atoms with Gasteiger partial charge < -0.3 is 65.1 Å². The van der Waals surface area contributed by atoms with E-state index in [1.807, 2.05) is 6.08 Å². The summed E-state index contributed by atoms with van der Waals surface area (Å²) in [5.41, 5.74) is 0. The molecule has 0 aromatic rings. The lowest BCUT2D eigenvalue weighted by Gasteiger charge is -2.46. The van der Waals surface area contributed by atoms with Crippen LogP contribution in [0.2, 0.25) is 0 Å². The van der Waals surface area contributed by atoms with Gasteiger partial charge in [0.25, 0.3) is 0 Å². The second kappa shape index (κ2) is 71.8. The third kappa shape index (κ3) is 54.2. The summed E-state index contributed by atoms with van der Waals surface area (Å²) < 4.78 is 22.9. The Morgan fingerprint density at radius 2 is 0.680 bits per heavy atom. The second-order valence-corrected chi connectivity index (χ2v) is 29.9. The molecule has 2 aliphatic heterocycles. The van der Waals surface area contributed by atoms with Gasteiger partial charge in [-0.05, 0) is 83.5 Å². The van der Waals surface area contributed by atoms with Crippen molar-refractivity contribution >= 4 is 5.91 Å². The summed E-state index contributed by atoms with van der Waals surface area (Å²) in [5.74, 6) is -0.244. The number of unbranched alkanes of at least 4 members (excludes halogenated alkanes) is 45. The highest BCUT2D eigenvalue weighted by Crippen LogP contribution is 2.30. The van der Waals surface area contributed by atoms with Crippen molar-refractivity contribution in [1.29, 1.82) is 0 Å². The number of hydrogen-bond acceptors (Lipinski definition) is 13. The molecule has 0 spiro atoms. The third-order valence-corrected chi connectivity index (χ3v) is 20.5. The lowest BCUT2D eigenvalue weighted by Crippen LogP contribution is -2.65. The molecule has 0 aliphatic carbocycles. The normalized spacial score (nSPS) is 22.0. The maximum Gasteiger partial charge on any atom is 0.220 e. The SMILES string of the molecule is CC/C=C\C/C=C\C/C=C\C/C=C\C/C=C\C/C=C\CCCCCCCCCCCCCCCCCCCCCCCCC(=O)NC(COC1OC(CO)C(OC2OC(CO)C(O)C(O)C2O)C(O)C1O)C(O)/C=C/CC/C=C/CCCCCCCCCCCCCCCCCCCCCCCC.